The molecule has 18 nitrogen and oxygen atoms in total. The lowest BCUT2D eigenvalue weighted by Crippen LogP contribution is -2.53. The SMILES string of the molecule is COc1cc(C(=O)N2C[C@H]3CC4C[C@@H]2[C@H]43)cc2nc(-c3cc4cc(N[C@@H]5[C@@H]6CC[C@H]5N(C(=O)c5cc(OC)c7c(c5)nc(-c5cc8cccnc8n5CC5CC5)n7CCS(C)(=O)=O)C6)cnc4n3CC3CC3)n(CCS(C)=O)c12. The number of aromatic nitrogens is 8. The second-order valence-corrected chi connectivity index (χ2v) is 27.8. The highest BCUT2D eigenvalue weighted by molar-refractivity contribution is 7.90. The van der Waals surface area contributed by atoms with Gasteiger partial charge in [0.25, 0.3) is 11.8 Å². The Hall–Kier alpha value is -6.80. The predicted molar refractivity (Wildman–Crippen MR) is 304 cm³/mol. The van der Waals surface area contributed by atoms with Crippen molar-refractivity contribution in [2.75, 3.05) is 56.6 Å². The van der Waals surface area contributed by atoms with Crippen molar-refractivity contribution in [2.24, 2.45) is 35.5 Å². The average molecular weight is 1100 g/mol. The number of piperidine rings is 1. The van der Waals surface area contributed by atoms with Gasteiger partial charge >= 0.3 is 0 Å². The maximum atomic E-state index is 14.9. The molecule has 6 aromatic heterocycles. The molecule has 79 heavy (non-hydrogen) atoms. The number of carbonyl (C=O) groups excluding carboxylic acids is 2. The number of hydrogen-bond acceptors (Lipinski definition) is 12. The number of anilines is 1. The monoisotopic (exact) mass is 1100 g/mol. The van der Waals surface area contributed by atoms with Gasteiger partial charge in [0.2, 0.25) is 0 Å². The molecule has 2 aliphatic heterocycles. The van der Waals surface area contributed by atoms with Gasteiger partial charge in [-0.3, -0.25) is 13.8 Å². The second-order valence-electron chi connectivity index (χ2n) is 24.0. The first-order valence-corrected chi connectivity index (χ1v) is 32.0. The number of likely N-dealkylation sites (tertiary alicyclic amines) is 2. The largest absolute Gasteiger partial charge is 0.494 e. The van der Waals surface area contributed by atoms with E-state index >= 15 is 0 Å². The Morgan fingerprint density at radius 3 is 1.90 bits per heavy atom. The lowest BCUT2D eigenvalue weighted by molar-refractivity contribution is -0.0204. The molecule has 2 saturated heterocycles. The van der Waals surface area contributed by atoms with Crippen molar-refractivity contribution in [2.45, 2.75) is 95.7 Å². The summed E-state index contributed by atoms with van der Waals surface area (Å²) in [5, 5.41) is 5.80. The van der Waals surface area contributed by atoms with Gasteiger partial charge in [0.1, 0.15) is 43.7 Å². The Labute approximate surface area is 460 Å². The van der Waals surface area contributed by atoms with Crippen LogP contribution < -0.4 is 14.8 Å². The van der Waals surface area contributed by atoms with Crippen molar-refractivity contribution in [1.82, 2.24) is 48.0 Å². The van der Waals surface area contributed by atoms with Gasteiger partial charge < -0.3 is 42.9 Å². The fourth-order valence-electron chi connectivity index (χ4n) is 14.7. The predicted octanol–water partition coefficient (Wildman–Crippen LogP) is 7.88. The highest BCUT2D eigenvalue weighted by Crippen LogP contribution is 2.61. The molecule has 0 spiro atoms. The van der Waals surface area contributed by atoms with Crippen LogP contribution in [-0.4, -0.2) is 142 Å². The van der Waals surface area contributed by atoms with Crippen LogP contribution in [0.2, 0.25) is 0 Å². The number of imidazole rings is 2. The minimum atomic E-state index is -3.35. The molecule has 8 atom stereocenters. The molecule has 0 radical (unpaired) electrons. The first-order valence-electron chi connectivity index (χ1n) is 28.2. The van der Waals surface area contributed by atoms with Crippen LogP contribution in [0.5, 0.6) is 11.5 Å². The fraction of sp³-hybridized carbons (Fsp3) is 0.492. The molecule has 20 heteroatoms. The van der Waals surface area contributed by atoms with Crippen LogP contribution in [0, 0.1) is 35.5 Å². The minimum absolute atomic E-state index is 0.00410. The van der Waals surface area contributed by atoms with E-state index < -0.39 is 20.6 Å². The lowest BCUT2D eigenvalue weighted by Gasteiger charge is -2.52. The van der Waals surface area contributed by atoms with Crippen molar-refractivity contribution in [3.05, 3.63) is 78.1 Å². The molecule has 2 amide bonds. The quantitative estimate of drug-likeness (QED) is 0.0876. The summed E-state index contributed by atoms with van der Waals surface area (Å²) in [4.78, 5) is 53.8. The first kappa shape index (κ1) is 49.3. The number of aryl methyl sites for hydroxylation is 2. The van der Waals surface area contributed by atoms with Gasteiger partial charge in [-0.15, -0.1) is 0 Å². The van der Waals surface area contributed by atoms with Gasteiger partial charge in [0.15, 0.2) is 11.6 Å². The van der Waals surface area contributed by atoms with E-state index in [1.807, 2.05) is 46.0 Å². The molecule has 5 saturated carbocycles. The zero-order valence-corrected chi connectivity index (χ0v) is 46.6. The van der Waals surface area contributed by atoms with Gasteiger partial charge in [0.05, 0.1) is 66.4 Å². The number of carbonyl (C=O) groups is 2. The van der Waals surface area contributed by atoms with Crippen molar-refractivity contribution < 1.29 is 31.7 Å². The van der Waals surface area contributed by atoms with Gasteiger partial charge in [-0.05, 0) is 141 Å². The summed E-state index contributed by atoms with van der Waals surface area (Å²) >= 11 is 0. The molecular formula is C59H65N11O7S2. The second kappa shape index (κ2) is 18.4. The third kappa shape index (κ3) is 8.26. The summed E-state index contributed by atoms with van der Waals surface area (Å²) in [7, 11) is -1.20. The molecule has 8 aromatic rings. The maximum Gasteiger partial charge on any atom is 0.254 e. The van der Waals surface area contributed by atoms with E-state index in [4.69, 9.17) is 29.4 Å². The summed E-state index contributed by atoms with van der Waals surface area (Å²) in [6, 6.07) is 18.1. The number of pyridine rings is 2. The highest BCUT2D eigenvalue weighted by Gasteiger charge is 2.62. The number of ether oxygens (including phenoxy) is 2. The van der Waals surface area contributed by atoms with Crippen LogP contribution >= 0.6 is 0 Å². The third-order valence-electron chi connectivity index (χ3n) is 18.9. The molecule has 7 fully saturated rings. The smallest absolute Gasteiger partial charge is 0.254 e. The number of methoxy groups -OCH3 is 2. The van der Waals surface area contributed by atoms with Crippen molar-refractivity contribution in [1.29, 1.82) is 0 Å². The van der Waals surface area contributed by atoms with E-state index in [1.54, 1.807) is 32.7 Å². The summed E-state index contributed by atoms with van der Waals surface area (Å²) < 4.78 is 58.8. The van der Waals surface area contributed by atoms with Crippen LogP contribution in [0.1, 0.15) is 72.1 Å². The molecule has 2 unspecified atom stereocenters. The number of nitrogens with one attached hydrogen (secondary N) is 1. The van der Waals surface area contributed by atoms with Crippen molar-refractivity contribution >= 4 is 82.3 Å². The van der Waals surface area contributed by atoms with Gasteiger partial charge in [0, 0.05) is 102 Å². The van der Waals surface area contributed by atoms with E-state index in [-0.39, 0.29) is 42.1 Å². The zero-order valence-electron chi connectivity index (χ0n) is 45.0. The Bertz CT molecular complexity index is 4000. The van der Waals surface area contributed by atoms with Crippen molar-refractivity contribution in [3.63, 3.8) is 0 Å². The highest BCUT2D eigenvalue weighted by atomic mass is 32.2. The topological polar surface area (TPSA) is 194 Å². The van der Waals surface area contributed by atoms with Crippen LogP contribution in [0.25, 0.3) is 67.2 Å². The van der Waals surface area contributed by atoms with Crippen LogP contribution in [-0.2, 0) is 46.8 Å². The van der Waals surface area contributed by atoms with Gasteiger partial charge in [-0.2, -0.15) is 0 Å². The normalized spacial score (nSPS) is 24.4. The Kier molecular flexibility index (Phi) is 11.5. The van der Waals surface area contributed by atoms with E-state index in [0.717, 1.165) is 121 Å². The van der Waals surface area contributed by atoms with Crippen LogP contribution in [0.15, 0.2) is 67.0 Å². The van der Waals surface area contributed by atoms with E-state index in [1.165, 1.54) is 12.7 Å². The summed E-state index contributed by atoms with van der Waals surface area (Å²) in [5.41, 5.74) is 8.05. The van der Waals surface area contributed by atoms with Crippen LogP contribution in [0.3, 0.4) is 0 Å². The minimum Gasteiger partial charge on any atom is -0.494 e. The number of benzene rings is 2. The van der Waals surface area contributed by atoms with E-state index in [2.05, 4.69) is 42.1 Å². The van der Waals surface area contributed by atoms with Crippen molar-refractivity contribution in [3.8, 4) is 34.5 Å². The standard InChI is InChI=1S/C59H65N11O7S2/c1-76-48-26-39(59(72)70-31-40-18-36-23-45(70)50(36)40)21-42-52(48)65(14-16-78(3)73)56(63-42)47-24-37-19-41(27-61-55(37)68(47)29-33-9-10-33)62-51-35-11-12-44(51)69(30-35)58(71)38-20-43-53(49(25-38)77-2)66(15-17-79(4,74)75)57(64-43)46-22-34-6-5-13-60-54(34)67(46)28-32-7-8-32/h5-6,13,19-22,24-27,32-33,35-36,40,44-45,50-51,62H,7-12,14-18,23,28-31H2,1-4H3/t35-,36?,40-,44-,45-,50-,51-,78?/m1/s1. The average Bonchev–Trinajstić information content (AvgIpc) is 3.68. The van der Waals surface area contributed by atoms with Gasteiger partial charge in [-0.1, -0.05) is 0 Å². The molecular weight excluding hydrogens is 1040 g/mol. The Morgan fingerprint density at radius 1 is 0.696 bits per heavy atom. The molecule has 15 rings (SSSR count). The van der Waals surface area contributed by atoms with Crippen LogP contribution in [0.4, 0.5) is 5.69 Å². The molecule has 8 heterocycles. The van der Waals surface area contributed by atoms with Gasteiger partial charge in [-0.25, -0.2) is 28.4 Å². The molecule has 1 N–H and O–H groups in total. The summed E-state index contributed by atoms with van der Waals surface area (Å²) in [6.45, 7) is 3.59. The molecule has 2 aromatic carbocycles. The number of hydrogen-bond donors (Lipinski definition) is 1. The third-order valence-corrected chi connectivity index (χ3v) is 20.6. The molecule has 2 bridgehead atoms. The maximum absolute atomic E-state index is 14.9. The summed E-state index contributed by atoms with van der Waals surface area (Å²) in [5.74, 6) is 5.99. The van der Waals surface area contributed by atoms with E-state index in [0.29, 0.717) is 93.6 Å². The Balaban J connectivity index is 0.742. The summed E-state index contributed by atoms with van der Waals surface area (Å²) in [6.07, 6.45) is 15.4. The number of nitrogens with zero attached hydrogens (tertiary/aromatic N) is 10. The molecule has 7 aliphatic rings. The number of rotatable bonds is 18. The molecule has 5 aliphatic carbocycles. The zero-order chi connectivity index (χ0) is 53.7. The first-order chi connectivity index (χ1) is 38.3. The lowest BCUT2D eigenvalue weighted by atomic mass is 9.53. The Morgan fingerprint density at radius 2 is 1.30 bits per heavy atom. The number of amides is 2. The number of fused-ring (bicyclic) bond motifs is 6. The van der Waals surface area contributed by atoms with E-state index in [9.17, 15) is 22.2 Å². The molecule has 410 valence electrons. The number of sulfone groups is 1. The fourth-order valence-corrected chi connectivity index (χ4v) is 15.6.